The molecule has 1 heterocycles. The zero-order valence-electron chi connectivity index (χ0n) is 16.9. The van der Waals surface area contributed by atoms with E-state index in [1.807, 2.05) is 43.3 Å². The van der Waals surface area contributed by atoms with E-state index >= 15 is 0 Å². The Morgan fingerprint density at radius 2 is 1.76 bits per heavy atom. The van der Waals surface area contributed by atoms with E-state index in [9.17, 15) is 4.79 Å². The third-order valence-electron chi connectivity index (χ3n) is 5.06. The van der Waals surface area contributed by atoms with Crippen molar-refractivity contribution < 1.29 is 9.53 Å². The predicted molar refractivity (Wildman–Crippen MR) is 115 cm³/mol. The van der Waals surface area contributed by atoms with Crippen molar-refractivity contribution in [1.82, 2.24) is 9.97 Å². The number of benzene rings is 2. The lowest BCUT2D eigenvalue weighted by molar-refractivity contribution is 0.0972. The molecule has 0 unspecified atom stereocenters. The molecular formula is C23H24N4O2. The van der Waals surface area contributed by atoms with E-state index in [4.69, 9.17) is 4.74 Å². The fourth-order valence-corrected chi connectivity index (χ4v) is 3.55. The van der Waals surface area contributed by atoms with Crippen LogP contribution >= 0.6 is 0 Å². The molecule has 0 spiro atoms. The molecule has 148 valence electrons. The van der Waals surface area contributed by atoms with Crippen molar-refractivity contribution in [2.45, 2.75) is 33.1 Å². The summed E-state index contributed by atoms with van der Waals surface area (Å²) >= 11 is 0. The number of carbonyl (C=O) groups excluding carboxylic acids is 1. The molecule has 0 radical (unpaired) electrons. The number of hydrogen-bond acceptors (Lipinski definition) is 6. The molecule has 3 aromatic rings. The summed E-state index contributed by atoms with van der Waals surface area (Å²) in [6.07, 6.45) is 2.11. The number of methoxy groups -OCH3 is 1. The summed E-state index contributed by atoms with van der Waals surface area (Å²) < 4.78 is 5.20. The van der Waals surface area contributed by atoms with Crippen molar-refractivity contribution >= 4 is 28.9 Å². The number of fused-ring (bicyclic) bond motifs is 1. The number of rotatable bonds is 5. The molecule has 0 saturated carbocycles. The van der Waals surface area contributed by atoms with Crippen LogP contribution in [0.1, 0.15) is 40.0 Å². The van der Waals surface area contributed by atoms with Crippen molar-refractivity contribution in [2.24, 2.45) is 0 Å². The number of hydrogen-bond donors (Lipinski definition) is 2. The highest BCUT2D eigenvalue weighted by molar-refractivity contribution is 6.03. The highest BCUT2D eigenvalue weighted by Gasteiger charge is 2.25. The lowest BCUT2D eigenvalue weighted by Crippen LogP contribution is -2.18. The van der Waals surface area contributed by atoms with E-state index in [0.717, 1.165) is 41.2 Å². The fourth-order valence-electron chi connectivity index (χ4n) is 3.55. The molecule has 0 fully saturated rings. The van der Waals surface area contributed by atoms with Gasteiger partial charge in [0.25, 0.3) is 0 Å². The first-order valence-corrected chi connectivity index (χ1v) is 9.73. The Balaban J connectivity index is 1.71. The highest BCUT2D eigenvalue weighted by Crippen LogP contribution is 2.31. The maximum Gasteiger partial charge on any atom is 0.229 e. The van der Waals surface area contributed by atoms with Crippen molar-refractivity contribution in [3.63, 3.8) is 0 Å². The summed E-state index contributed by atoms with van der Waals surface area (Å²) in [5.74, 6) is 1.90. The summed E-state index contributed by atoms with van der Waals surface area (Å²) in [4.78, 5) is 21.9. The second-order valence-electron chi connectivity index (χ2n) is 7.29. The summed E-state index contributed by atoms with van der Waals surface area (Å²) in [5.41, 5.74) is 5.48. The van der Waals surface area contributed by atoms with E-state index in [1.165, 1.54) is 5.56 Å². The van der Waals surface area contributed by atoms with Crippen molar-refractivity contribution in [2.75, 3.05) is 17.7 Å². The molecule has 1 aliphatic carbocycles. The molecule has 0 atom stereocenters. The van der Waals surface area contributed by atoms with Gasteiger partial charge in [0, 0.05) is 17.8 Å². The lowest BCUT2D eigenvalue weighted by atomic mass is 9.95. The summed E-state index contributed by atoms with van der Waals surface area (Å²) in [7, 11) is 1.64. The summed E-state index contributed by atoms with van der Waals surface area (Å²) in [6.45, 7) is 4.10. The van der Waals surface area contributed by atoms with Crippen molar-refractivity contribution in [3.8, 4) is 5.75 Å². The maximum absolute atomic E-state index is 12.6. The number of aryl methyl sites for hydroxylation is 3. The second kappa shape index (κ2) is 7.91. The third-order valence-corrected chi connectivity index (χ3v) is 5.06. The number of ketones is 1. The van der Waals surface area contributed by atoms with Crippen LogP contribution in [0.3, 0.4) is 0 Å². The summed E-state index contributed by atoms with van der Waals surface area (Å²) in [5, 5.41) is 6.61. The van der Waals surface area contributed by atoms with Crippen LogP contribution in [0.4, 0.5) is 23.1 Å². The molecule has 0 aliphatic heterocycles. The standard InChI is InChI=1S/C23H24N4O2/c1-14-7-12-18(15(2)13-14)25-22-21-19(5-4-6-20(21)28)26-23(27-22)24-16-8-10-17(29-3)11-9-16/h7-13H,4-6H2,1-3H3,(H2,24,25,26,27). The number of aromatic nitrogens is 2. The number of ether oxygens (including phenoxy) is 1. The van der Waals surface area contributed by atoms with E-state index in [-0.39, 0.29) is 5.78 Å². The molecule has 0 bridgehead atoms. The average molecular weight is 388 g/mol. The van der Waals surface area contributed by atoms with Crippen LogP contribution in [0.25, 0.3) is 0 Å². The van der Waals surface area contributed by atoms with Gasteiger partial charge in [-0.2, -0.15) is 4.98 Å². The molecule has 29 heavy (non-hydrogen) atoms. The predicted octanol–water partition coefficient (Wildman–Crippen LogP) is 5.11. The first-order valence-electron chi connectivity index (χ1n) is 9.73. The van der Waals surface area contributed by atoms with Gasteiger partial charge in [0.15, 0.2) is 5.78 Å². The number of nitrogens with one attached hydrogen (secondary N) is 2. The van der Waals surface area contributed by atoms with E-state index < -0.39 is 0 Å². The lowest BCUT2D eigenvalue weighted by Gasteiger charge is -2.20. The zero-order chi connectivity index (χ0) is 20.4. The summed E-state index contributed by atoms with van der Waals surface area (Å²) in [6, 6.07) is 13.7. The van der Waals surface area contributed by atoms with Crippen LogP contribution in [0.5, 0.6) is 5.75 Å². The number of Topliss-reactive ketones (excluding diaryl/α,β-unsaturated/α-hetero) is 1. The van der Waals surface area contributed by atoms with Gasteiger partial charge in [0.05, 0.1) is 18.4 Å². The quantitative estimate of drug-likeness (QED) is 0.633. The molecule has 6 heteroatoms. The van der Waals surface area contributed by atoms with Crippen LogP contribution in [0, 0.1) is 13.8 Å². The molecule has 0 saturated heterocycles. The fraction of sp³-hybridized carbons (Fsp3) is 0.261. The van der Waals surface area contributed by atoms with E-state index in [0.29, 0.717) is 23.8 Å². The number of nitrogens with zero attached hydrogens (tertiary/aromatic N) is 2. The Morgan fingerprint density at radius 3 is 2.48 bits per heavy atom. The van der Waals surface area contributed by atoms with Gasteiger partial charge >= 0.3 is 0 Å². The first kappa shape index (κ1) is 18.9. The van der Waals surface area contributed by atoms with Gasteiger partial charge < -0.3 is 15.4 Å². The third kappa shape index (κ3) is 4.06. The Labute approximate surface area is 170 Å². The molecule has 0 amide bonds. The minimum absolute atomic E-state index is 0.0921. The van der Waals surface area contributed by atoms with Crippen LogP contribution in [-0.4, -0.2) is 22.9 Å². The minimum Gasteiger partial charge on any atom is -0.497 e. The number of carbonyl (C=O) groups is 1. The first-order chi connectivity index (χ1) is 14.0. The Hall–Kier alpha value is -3.41. The van der Waals surface area contributed by atoms with Crippen LogP contribution in [0.2, 0.25) is 0 Å². The van der Waals surface area contributed by atoms with Crippen LogP contribution < -0.4 is 15.4 Å². The van der Waals surface area contributed by atoms with Crippen LogP contribution in [0.15, 0.2) is 42.5 Å². The Kier molecular flexibility index (Phi) is 5.16. The minimum atomic E-state index is 0.0921. The Morgan fingerprint density at radius 1 is 0.966 bits per heavy atom. The zero-order valence-corrected chi connectivity index (χ0v) is 16.9. The molecule has 2 N–H and O–H groups in total. The van der Waals surface area contributed by atoms with Gasteiger partial charge in [-0.3, -0.25) is 4.79 Å². The molecule has 2 aromatic carbocycles. The monoisotopic (exact) mass is 388 g/mol. The molecule has 6 nitrogen and oxygen atoms in total. The molecule has 1 aromatic heterocycles. The van der Waals surface area contributed by atoms with E-state index in [2.05, 4.69) is 33.6 Å². The molecule has 4 rings (SSSR count). The van der Waals surface area contributed by atoms with E-state index in [1.54, 1.807) is 7.11 Å². The van der Waals surface area contributed by atoms with Gasteiger partial charge in [-0.15, -0.1) is 0 Å². The smallest absolute Gasteiger partial charge is 0.229 e. The van der Waals surface area contributed by atoms with Gasteiger partial charge in [-0.1, -0.05) is 17.7 Å². The van der Waals surface area contributed by atoms with Crippen LogP contribution in [-0.2, 0) is 6.42 Å². The maximum atomic E-state index is 12.6. The van der Waals surface area contributed by atoms with Gasteiger partial charge in [-0.05, 0) is 62.6 Å². The van der Waals surface area contributed by atoms with Gasteiger partial charge in [0.2, 0.25) is 5.95 Å². The van der Waals surface area contributed by atoms with Crippen molar-refractivity contribution in [1.29, 1.82) is 0 Å². The van der Waals surface area contributed by atoms with Gasteiger partial charge in [0.1, 0.15) is 11.6 Å². The Bertz CT molecular complexity index is 1060. The topological polar surface area (TPSA) is 76.1 Å². The average Bonchev–Trinajstić information content (AvgIpc) is 2.70. The molecular weight excluding hydrogens is 364 g/mol. The van der Waals surface area contributed by atoms with Crippen molar-refractivity contribution in [3.05, 3.63) is 64.8 Å². The number of anilines is 4. The SMILES string of the molecule is COc1ccc(Nc2nc3c(c(Nc4ccc(C)cc4C)n2)C(=O)CCC3)cc1. The normalized spacial score (nSPS) is 13.0. The molecule has 1 aliphatic rings. The second-order valence-corrected chi connectivity index (χ2v) is 7.29. The largest absolute Gasteiger partial charge is 0.497 e. The van der Waals surface area contributed by atoms with Gasteiger partial charge in [-0.25, -0.2) is 4.98 Å². The highest BCUT2D eigenvalue weighted by atomic mass is 16.5.